The van der Waals surface area contributed by atoms with Gasteiger partial charge in [0, 0.05) is 28.9 Å². The summed E-state index contributed by atoms with van der Waals surface area (Å²) in [6, 6.07) is 19.3. The number of carbonyl (C=O) groups excluding carboxylic acids is 2. The third-order valence-corrected chi connectivity index (χ3v) is 5.48. The Morgan fingerprint density at radius 2 is 1.53 bits per heavy atom. The zero-order valence-electron chi connectivity index (χ0n) is 19.7. The van der Waals surface area contributed by atoms with Gasteiger partial charge >= 0.3 is 5.97 Å². The minimum Gasteiger partial charge on any atom is -0.465 e. The molecule has 174 valence electrons. The van der Waals surface area contributed by atoms with E-state index in [4.69, 9.17) is 0 Å². The van der Waals surface area contributed by atoms with E-state index in [2.05, 4.69) is 35.6 Å². The van der Waals surface area contributed by atoms with Crippen molar-refractivity contribution < 1.29 is 18.7 Å². The normalized spacial score (nSPS) is 10.2. The van der Waals surface area contributed by atoms with Crippen LogP contribution >= 0.6 is 0 Å². The number of nitrogens with zero attached hydrogens (tertiary/aromatic N) is 1. The topological polar surface area (TPSA) is 46.6 Å². The van der Waals surface area contributed by atoms with Crippen molar-refractivity contribution in [2.75, 3.05) is 18.6 Å². The van der Waals surface area contributed by atoms with Crippen molar-refractivity contribution >= 4 is 17.6 Å². The molecule has 0 saturated carbocycles. The van der Waals surface area contributed by atoms with Gasteiger partial charge in [-0.3, -0.25) is 4.79 Å². The number of rotatable bonds is 7. The molecule has 34 heavy (non-hydrogen) atoms. The van der Waals surface area contributed by atoms with Gasteiger partial charge in [0.25, 0.3) is 5.91 Å². The summed E-state index contributed by atoms with van der Waals surface area (Å²) in [6.07, 6.45) is 3.43. The van der Waals surface area contributed by atoms with Crippen LogP contribution in [0.1, 0.15) is 64.1 Å². The number of ether oxygens (including phenoxy) is 1. The van der Waals surface area contributed by atoms with Crippen LogP contribution in [0.5, 0.6) is 0 Å². The summed E-state index contributed by atoms with van der Waals surface area (Å²) in [5, 5.41) is 0. The second-order valence-corrected chi connectivity index (χ2v) is 7.83. The number of amides is 1. The Hall–Kier alpha value is -3.91. The molecule has 0 heterocycles. The number of hydrogen-bond donors (Lipinski definition) is 0. The average Bonchev–Trinajstić information content (AvgIpc) is 2.88. The first-order valence-electron chi connectivity index (χ1n) is 11.4. The van der Waals surface area contributed by atoms with Gasteiger partial charge in [-0.1, -0.05) is 37.3 Å². The van der Waals surface area contributed by atoms with Gasteiger partial charge in [-0.25, -0.2) is 9.18 Å². The van der Waals surface area contributed by atoms with Crippen LogP contribution in [0.2, 0.25) is 0 Å². The highest BCUT2D eigenvalue weighted by atomic mass is 19.1. The number of benzene rings is 3. The number of methoxy groups -OCH3 is 1. The third-order valence-electron chi connectivity index (χ3n) is 5.48. The number of unbranched alkanes of at least 4 members (excludes halogenated alkanes) is 1. The van der Waals surface area contributed by atoms with Gasteiger partial charge in [0.1, 0.15) is 5.82 Å². The second-order valence-electron chi connectivity index (χ2n) is 7.83. The monoisotopic (exact) mass is 457 g/mol. The lowest BCUT2D eigenvalue weighted by Gasteiger charge is -2.22. The molecule has 0 N–H and O–H groups in total. The van der Waals surface area contributed by atoms with Gasteiger partial charge in [0.05, 0.1) is 12.7 Å². The Morgan fingerprint density at radius 1 is 0.912 bits per heavy atom. The van der Waals surface area contributed by atoms with E-state index in [1.54, 1.807) is 24.3 Å². The molecule has 0 aliphatic rings. The Morgan fingerprint density at radius 3 is 2.09 bits per heavy atom. The van der Waals surface area contributed by atoms with Crippen LogP contribution in [0.4, 0.5) is 10.1 Å². The van der Waals surface area contributed by atoms with Crippen LogP contribution in [0.3, 0.4) is 0 Å². The fourth-order valence-corrected chi connectivity index (χ4v) is 3.52. The first kappa shape index (κ1) is 24.7. The summed E-state index contributed by atoms with van der Waals surface area (Å²) >= 11 is 0. The summed E-state index contributed by atoms with van der Waals surface area (Å²) in [5.74, 6) is 4.54. The predicted molar refractivity (Wildman–Crippen MR) is 133 cm³/mol. The van der Waals surface area contributed by atoms with Crippen LogP contribution in [-0.4, -0.2) is 25.5 Å². The predicted octanol–water partition coefficient (Wildman–Crippen LogP) is 6.02. The van der Waals surface area contributed by atoms with Gasteiger partial charge < -0.3 is 9.64 Å². The molecule has 0 unspecified atom stereocenters. The Kier molecular flexibility index (Phi) is 8.59. The van der Waals surface area contributed by atoms with Crippen molar-refractivity contribution in [1.82, 2.24) is 0 Å². The van der Waals surface area contributed by atoms with Crippen LogP contribution in [0.25, 0.3) is 0 Å². The van der Waals surface area contributed by atoms with Gasteiger partial charge in [0.2, 0.25) is 0 Å². The molecule has 0 spiro atoms. The highest BCUT2D eigenvalue weighted by molar-refractivity contribution is 6.06. The Bertz CT molecular complexity index is 1200. The lowest BCUT2D eigenvalue weighted by Crippen LogP contribution is -2.30. The van der Waals surface area contributed by atoms with E-state index in [0.29, 0.717) is 17.8 Å². The number of esters is 1. The minimum atomic E-state index is -0.790. The maximum atomic E-state index is 14.0. The molecule has 0 radical (unpaired) electrons. The molecule has 0 aromatic heterocycles. The standard InChI is InChI=1S/C29H28FNO3/c1-4-6-7-21-8-10-22(11-9-21)12-13-23-14-16-24(17-15-23)28(32)31(5-2)25-18-19-27(30)26(20-25)29(33)34-3/h8-11,14-20H,4-7H2,1-3H3. The quantitative estimate of drug-likeness (QED) is 0.322. The molecule has 4 nitrogen and oxygen atoms in total. The molecule has 3 aromatic carbocycles. The highest BCUT2D eigenvalue weighted by Gasteiger charge is 2.20. The van der Waals surface area contributed by atoms with Crippen molar-refractivity contribution in [3.63, 3.8) is 0 Å². The van der Waals surface area contributed by atoms with Crippen molar-refractivity contribution in [1.29, 1.82) is 0 Å². The van der Waals surface area contributed by atoms with Crippen molar-refractivity contribution in [3.8, 4) is 11.8 Å². The first-order chi connectivity index (χ1) is 16.5. The largest absolute Gasteiger partial charge is 0.465 e. The van der Waals surface area contributed by atoms with Gasteiger partial charge in [-0.05, 0) is 79.9 Å². The van der Waals surface area contributed by atoms with Crippen LogP contribution in [0.15, 0.2) is 66.7 Å². The molecule has 5 heteroatoms. The summed E-state index contributed by atoms with van der Waals surface area (Å²) in [6.45, 7) is 4.34. The SMILES string of the molecule is CCCCc1ccc(C#Cc2ccc(C(=O)N(CC)c3ccc(F)c(C(=O)OC)c3)cc2)cc1. The first-order valence-corrected chi connectivity index (χ1v) is 11.4. The van der Waals surface area contributed by atoms with E-state index in [-0.39, 0.29) is 11.5 Å². The van der Waals surface area contributed by atoms with Gasteiger partial charge in [0.15, 0.2) is 0 Å². The molecule has 3 aromatic rings. The molecule has 1 amide bonds. The molecular weight excluding hydrogens is 429 g/mol. The fourth-order valence-electron chi connectivity index (χ4n) is 3.52. The number of hydrogen-bond acceptors (Lipinski definition) is 3. The average molecular weight is 458 g/mol. The fraction of sp³-hybridized carbons (Fsp3) is 0.241. The summed E-state index contributed by atoms with van der Waals surface area (Å²) in [7, 11) is 1.18. The van der Waals surface area contributed by atoms with E-state index in [0.717, 1.165) is 23.6 Å². The summed E-state index contributed by atoms with van der Waals surface area (Å²) in [4.78, 5) is 26.4. The number of aryl methyl sites for hydroxylation is 1. The van der Waals surface area contributed by atoms with E-state index >= 15 is 0 Å². The molecule has 0 aliphatic carbocycles. The Labute approximate surface area is 200 Å². The maximum Gasteiger partial charge on any atom is 0.340 e. The summed E-state index contributed by atoms with van der Waals surface area (Å²) in [5.41, 5.74) is 3.72. The maximum absolute atomic E-state index is 14.0. The number of carbonyl (C=O) groups is 2. The van der Waals surface area contributed by atoms with Crippen molar-refractivity contribution in [3.05, 3.63) is 100 Å². The van der Waals surface area contributed by atoms with Crippen LogP contribution < -0.4 is 4.90 Å². The summed E-state index contributed by atoms with van der Waals surface area (Å²) < 4.78 is 18.6. The second kappa shape index (κ2) is 11.8. The van der Waals surface area contributed by atoms with Gasteiger partial charge in [-0.15, -0.1) is 0 Å². The molecular formula is C29H28FNO3. The molecule has 0 atom stereocenters. The van der Waals surface area contributed by atoms with Crippen molar-refractivity contribution in [2.45, 2.75) is 33.1 Å². The lowest BCUT2D eigenvalue weighted by molar-refractivity contribution is 0.0595. The molecule has 3 rings (SSSR count). The third kappa shape index (κ3) is 6.11. The highest BCUT2D eigenvalue weighted by Crippen LogP contribution is 2.22. The molecule has 0 bridgehead atoms. The lowest BCUT2D eigenvalue weighted by atomic mass is 10.1. The van der Waals surface area contributed by atoms with E-state index < -0.39 is 11.8 Å². The Balaban J connectivity index is 1.74. The molecule has 0 saturated heterocycles. The smallest absolute Gasteiger partial charge is 0.340 e. The molecule has 0 aliphatic heterocycles. The number of halogens is 1. The zero-order valence-corrected chi connectivity index (χ0v) is 19.7. The van der Waals surface area contributed by atoms with E-state index in [1.807, 2.05) is 19.1 Å². The van der Waals surface area contributed by atoms with Gasteiger partial charge in [-0.2, -0.15) is 0 Å². The minimum absolute atomic E-state index is 0.213. The van der Waals surface area contributed by atoms with E-state index in [1.165, 1.54) is 42.5 Å². The van der Waals surface area contributed by atoms with Crippen molar-refractivity contribution in [2.24, 2.45) is 0 Å². The number of anilines is 1. The van der Waals surface area contributed by atoms with Crippen LogP contribution in [0, 0.1) is 17.7 Å². The van der Waals surface area contributed by atoms with Crippen LogP contribution in [-0.2, 0) is 11.2 Å². The zero-order chi connectivity index (χ0) is 24.5. The van der Waals surface area contributed by atoms with E-state index in [9.17, 15) is 14.0 Å². The molecule has 0 fully saturated rings.